The molecule has 4 N–H and O–H groups in total. The highest BCUT2D eigenvalue weighted by Crippen LogP contribution is 2.28. The molecule has 0 fully saturated rings. The van der Waals surface area contributed by atoms with Crippen LogP contribution in [0.25, 0.3) is 0 Å². The van der Waals surface area contributed by atoms with Crippen LogP contribution in [-0.2, 0) is 0 Å². The number of rotatable bonds is 2. The van der Waals surface area contributed by atoms with Gasteiger partial charge >= 0.3 is 0 Å². The first-order chi connectivity index (χ1) is 8.99. The van der Waals surface area contributed by atoms with Crippen LogP contribution >= 0.6 is 45.2 Å². The molecule has 0 aliphatic heterocycles. The second-order valence-corrected chi connectivity index (χ2v) is 6.23. The van der Waals surface area contributed by atoms with Gasteiger partial charge in [-0.15, -0.1) is 0 Å². The Morgan fingerprint density at radius 3 is 2.58 bits per heavy atom. The van der Waals surface area contributed by atoms with Crippen molar-refractivity contribution < 1.29 is 9.90 Å². The highest BCUT2D eigenvalue weighted by atomic mass is 127. The molecule has 98 valence electrons. The first-order valence-corrected chi connectivity index (χ1v) is 7.48. The Morgan fingerprint density at radius 1 is 1.21 bits per heavy atom. The number of amides is 1. The number of phenolic OH excluding ortho intramolecular Hbond substituents is 1. The molecule has 4 nitrogen and oxygen atoms in total. The Labute approximate surface area is 137 Å². The van der Waals surface area contributed by atoms with E-state index in [2.05, 4.69) is 27.9 Å². The van der Waals surface area contributed by atoms with Crippen LogP contribution < -0.4 is 11.1 Å². The summed E-state index contributed by atoms with van der Waals surface area (Å²) in [5, 5.41) is 12.6. The molecule has 0 unspecified atom stereocenters. The lowest BCUT2D eigenvalue weighted by molar-refractivity contribution is 0.102. The Bertz CT molecular complexity index is 645. The normalized spacial score (nSPS) is 10.2. The molecule has 0 bridgehead atoms. The van der Waals surface area contributed by atoms with Crippen molar-refractivity contribution in [2.45, 2.75) is 0 Å². The average Bonchev–Trinajstić information content (AvgIpc) is 2.36. The van der Waals surface area contributed by atoms with Crippen molar-refractivity contribution in [3.05, 3.63) is 49.1 Å². The standard InChI is InChI=1S/C13H10I2N2O2/c14-7-5-8(12(18)9(15)6-7)13(19)17-11-4-2-1-3-10(11)16/h1-6,18H,16H2,(H,17,19). The maximum absolute atomic E-state index is 12.2. The fourth-order valence-electron chi connectivity index (χ4n) is 1.54. The maximum atomic E-state index is 12.2. The van der Waals surface area contributed by atoms with E-state index in [0.717, 1.165) is 3.57 Å². The quantitative estimate of drug-likeness (QED) is 0.456. The Balaban J connectivity index is 2.33. The van der Waals surface area contributed by atoms with E-state index in [-0.39, 0.29) is 17.2 Å². The van der Waals surface area contributed by atoms with Crippen LogP contribution in [0.5, 0.6) is 5.75 Å². The Morgan fingerprint density at radius 2 is 1.89 bits per heavy atom. The average molecular weight is 480 g/mol. The van der Waals surface area contributed by atoms with Gasteiger partial charge in [-0.05, 0) is 69.4 Å². The number of hydrogen-bond acceptors (Lipinski definition) is 3. The van der Waals surface area contributed by atoms with E-state index >= 15 is 0 Å². The van der Waals surface area contributed by atoms with Gasteiger partial charge in [-0.2, -0.15) is 0 Å². The topological polar surface area (TPSA) is 75.3 Å². The molecule has 0 atom stereocenters. The third-order valence-electron chi connectivity index (χ3n) is 2.48. The molecule has 0 aliphatic carbocycles. The number of nitrogens with one attached hydrogen (secondary N) is 1. The summed E-state index contributed by atoms with van der Waals surface area (Å²) in [7, 11) is 0. The lowest BCUT2D eigenvalue weighted by Crippen LogP contribution is -2.14. The SMILES string of the molecule is Nc1ccccc1NC(=O)c1cc(I)cc(I)c1O. The van der Waals surface area contributed by atoms with Gasteiger partial charge < -0.3 is 16.2 Å². The van der Waals surface area contributed by atoms with Gasteiger partial charge in [0.2, 0.25) is 0 Å². The second-order valence-electron chi connectivity index (χ2n) is 3.83. The van der Waals surface area contributed by atoms with Crippen molar-refractivity contribution in [1.82, 2.24) is 0 Å². The van der Waals surface area contributed by atoms with E-state index in [1.54, 1.807) is 36.4 Å². The van der Waals surface area contributed by atoms with Gasteiger partial charge in [-0.1, -0.05) is 12.1 Å². The fraction of sp³-hybridized carbons (Fsp3) is 0. The predicted octanol–water partition coefficient (Wildman–Crippen LogP) is 3.44. The van der Waals surface area contributed by atoms with E-state index in [1.807, 2.05) is 22.6 Å². The summed E-state index contributed by atoms with van der Waals surface area (Å²) < 4.78 is 1.52. The van der Waals surface area contributed by atoms with Gasteiger partial charge in [0, 0.05) is 3.57 Å². The zero-order chi connectivity index (χ0) is 14.0. The first kappa shape index (κ1) is 14.4. The summed E-state index contributed by atoms with van der Waals surface area (Å²) in [5.41, 5.74) is 7.01. The second kappa shape index (κ2) is 5.95. The zero-order valence-electron chi connectivity index (χ0n) is 9.65. The minimum absolute atomic E-state index is 0.0204. The van der Waals surface area contributed by atoms with Gasteiger partial charge in [0.25, 0.3) is 5.91 Å². The predicted molar refractivity (Wildman–Crippen MR) is 92.3 cm³/mol. The molecule has 0 aliphatic rings. The molecule has 2 rings (SSSR count). The third kappa shape index (κ3) is 3.30. The number of benzene rings is 2. The van der Waals surface area contributed by atoms with Crippen LogP contribution in [0, 0.1) is 7.14 Å². The molecule has 0 saturated carbocycles. The number of phenols is 1. The van der Waals surface area contributed by atoms with Crippen LogP contribution in [0.4, 0.5) is 11.4 Å². The van der Waals surface area contributed by atoms with Crippen LogP contribution in [-0.4, -0.2) is 11.0 Å². The molecule has 0 heterocycles. The van der Waals surface area contributed by atoms with E-state index in [9.17, 15) is 9.90 Å². The number of carbonyl (C=O) groups excluding carboxylic acids is 1. The summed E-state index contributed by atoms with van der Waals surface area (Å²) in [6, 6.07) is 10.4. The van der Waals surface area contributed by atoms with Gasteiger partial charge in [0.15, 0.2) is 0 Å². The number of hydrogen-bond donors (Lipinski definition) is 3. The van der Waals surface area contributed by atoms with Crippen molar-refractivity contribution >= 4 is 62.5 Å². The summed E-state index contributed by atoms with van der Waals surface area (Å²) in [5.74, 6) is -0.403. The first-order valence-electron chi connectivity index (χ1n) is 5.33. The molecule has 0 radical (unpaired) electrons. The van der Waals surface area contributed by atoms with Gasteiger partial charge in [0.1, 0.15) is 5.75 Å². The van der Waals surface area contributed by atoms with Crippen LogP contribution in [0.3, 0.4) is 0 Å². The van der Waals surface area contributed by atoms with Crippen molar-refractivity contribution in [1.29, 1.82) is 0 Å². The van der Waals surface area contributed by atoms with Crippen molar-refractivity contribution in [3.63, 3.8) is 0 Å². The third-order valence-corrected chi connectivity index (χ3v) is 3.93. The lowest BCUT2D eigenvalue weighted by atomic mass is 10.2. The van der Waals surface area contributed by atoms with Crippen molar-refractivity contribution in [2.75, 3.05) is 11.1 Å². The van der Waals surface area contributed by atoms with Crippen molar-refractivity contribution in [3.8, 4) is 5.75 Å². The summed E-state index contributed by atoms with van der Waals surface area (Å²) >= 11 is 4.09. The summed E-state index contributed by atoms with van der Waals surface area (Å²) in [6.07, 6.45) is 0. The molecule has 6 heteroatoms. The Kier molecular flexibility index (Phi) is 4.50. The fourth-order valence-corrected chi connectivity index (χ4v) is 3.38. The Hall–Kier alpha value is -1.03. The largest absolute Gasteiger partial charge is 0.506 e. The van der Waals surface area contributed by atoms with Gasteiger partial charge in [0.05, 0.1) is 20.5 Å². The number of nitrogens with two attached hydrogens (primary N) is 1. The molecule has 2 aromatic rings. The van der Waals surface area contributed by atoms with E-state index in [1.165, 1.54) is 0 Å². The molecule has 1 amide bonds. The molecular formula is C13H10I2N2O2. The summed E-state index contributed by atoms with van der Waals surface area (Å²) in [4.78, 5) is 12.2. The molecule has 0 spiro atoms. The van der Waals surface area contributed by atoms with Crippen LogP contribution in [0.15, 0.2) is 36.4 Å². The zero-order valence-corrected chi connectivity index (χ0v) is 14.0. The maximum Gasteiger partial charge on any atom is 0.259 e. The molecule has 2 aromatic carbocycles. The van der Waals surface area contributed by atoms with Crippen LogP contribution in [0.1, 0.15) is 10.4 Å². The van der Waals surface area contributed by atoms with Gasteiger partial charge in [-0.3, -0.25) is 4.79 Å². The van der Waals surface area contributed by atoms with Gasteiger partial charge in [-0.25, -0.2) is 0 Å². The molecule has 0 aromatic heterocycles. The molecule has 0 saturated heterocycles. The van der Waals surface area contributed by atoms with Crippen molar-refractivity contribution in [2.24, 2.45) is 0 Å². The number of halogens is 2. The minimum Gasteiger partial charge on any atom is -0.506 e. The van der Waals surface area contributed by atoms with E-state index in [0.29, 0.717) is 14.9 Å². The molecule has 19 heavy (non-hydrogen) atoms. The number of aromatic hydroxyl groups is 1. The minimum atomic E-state index is -0.383. The number of anilines is 2. The summed E-state index contributed by atoms with van der Waals surface area (Å²) in [6.45, 7) is 0. The van der Waals surface area contributed by atoms with Crippen LogP contribution in [0.2, 0.25) is 0 Å². The monoisotopic (exact) mass is 480 g/mol. The smallest absolute Gasteiger partial charge is 0.259 e. The lowest BCUT2D eigenvalue weighted by Gasteiger charge is -2.10. The molecular weight excluding hydrogens is 470 g/mol. The number of nitrogen functional groups attached to an aromatic ring is 1. The highest BCUT2D eigenvalue weighted by molar-refractivity contribution is 14.1. The van der Waals surface area contributed by atoms with E-state index in [4.69, 9.17) is 5.73 Å². The highest BCUT2D eigenvalue weighted by Gasteiger charge is 2.15. The number of para-hydroxylation sites is 2. The van der Waals surface area contributed by atoms with E-state index < -0.39 is 0 Å². The number of carbonyl (C=O) groups is 1.